The van der Waals surface area contributed by atoms with Crippen LogP contribution in [-0.2, 0) is 17.8 Å². The standard InChI is InChI=1S/C21H26FN3O/c22-20-9-5-4-8-18(20)14-19(23)15-21(26)25-12-10-24(11-13-25)16-17-6-2-1-3-7-17/h1-9,19H,10-16,23H2. The zero-order valence-electron chi connectivity index (χ0n) is 15.0. The van der Waals surface area contributed by atoms with Crippen molar-refractivity contribution in [2.45, 2.75) is 25.4 Å². The molecule has 1 aliphatic heterocycles. The zero-order chi connectivity index (χ0) is 18.4. The zero-order valence-corrected chi connectivity index (χ0v) is 15.0. The van der Waals surface area contributed by atoms with E-state index in [4.69, 9.17) is 5.73 Å². The number of carbonyl (C=O) groups is 1. The van der Waals surface area contributed by atoms with Crippen LogP contribution < -0.4 is 5.73 Å². The first-order valence-electron chi connectivity index (χ1n) is 9.15. The van der Waals surface area contributed by atoms with Crippen molar-refractivity contribution in [3.63, 3.8) is 0 Å². The van der Waals surface area contributed by atoms with Gasteiger partial charge in [-0.05, 0) is 23.6 Å². The molecule has 4 nitrogen and oxygen atoms in total. The number of hydrogen-bond acceptors (Lipinski definition) is 3. The molecule has 138 valence electrons. The predicted molar refractivity (Wildman–Crippen MR) is 101 cm³/mol. The van der Waals surface area contributed by atoms with Crippen molar-refractivity contribution >= 4 is 5.91 Å². The second kappa shape index (κ2) is 8.92. The summed E-state index contributed by atoms with van der Waals surface area (Å²) in [6, 6.07) is 16.6. The summed E-state index contributed by atoms with van der Waals surface area (Å²) < 4.78 is 13.7. The Morgan fingerprint density at radius 3 is 2.35 bits per heavy atom. The number of benzene rings is 2. The van der Waals surface area contributed by atoms with Gasteiger partial charge in [0.25, 0.3) is 0 Å². The largest absolute Gasteiger partial charge is 0.340 e. The summed E-state index contributed by atoms with van der Waals surface area (Å²) >= 11 is 0. The number of carbonyl (C=O) groups excluding carboxylic acids is 1. The molecule has 0 bridgehead atoms. The smallest absolute Gasteiger partial charge is 0.224 e. The van der Waals surface area contributed by atoms with Gasteiger partial charge in [-0.25, -0.2) is 4.39 Å². The maximum Gasteiger partial charge on any atom is 0.224 e. The minimum absolute atomic E-state index is 0.0631. The maximum absolute atomic E-state index is 13.7. The number of nitrogens with two attached hydrogens (primary N) is 1. The van der Waals surface area contributed by atoms with E-state index in [0.29, 0.717) is 12.0 Å². The Morgan fingerprint density at radius 2 is 1.65 bits per heavy atom. The fraction of sp³-hybridized carbons (Fsp3) is 0.381. The number of hydrogen-bond donors (Lipinski definition) is 1. The van der Waals surface area contributed by atoms with Crippen LogP contribution in [0, 0.1) is 5.82 Å². The van der Waals surface area contributed by atoms with Gasteiger partial charge in [0.2, 0.25) is 5.91 Å². The molecule has 2 N–H and O–H groups in total. The first-order chi connectivity index (χ1) is 12.6. The molecule has 0 saturated carbocycles. The third-order valence-corrected chi connectivity index (χ3v) is 4.85. The van der Waals surface area contributed by atoms with E-state index >= 15 is 0 Å². The van der Waals surface area contributed by atoms with Crippen LogP contribution >= 0.6 is 0 Å². The van der Waals surface area contributed by atoms with E-state index in [2.05, 4.69) is 17.0 Å². The van der Waals surface area contributed by atoms with Gasteiger partial charge in [-0.1, -0.05) is 48.5 Å². The molecule has 0 spiro atoms. The van der Waals surface area contributed by atoms with Crippen LogP contribution in [0.4, 0.5) is 4.39 Å². The average Bonchev–Trinajstić information content (AvgIpc) is 2.65. The molecule has 2 aromatic carbocycles. The van der Waals surface area contributed by atoms with Gasteiger partial charge in [-0.15, -0.1) is 0 Å². The first kappa shape index (κ1) is 18.5. The topological polar surface area (TPSA) is 49.6 Å². The molecule has 0 aromatic heterocycles. The normalized spacial score (nSPS) is 16.5. The fourth-order valence-corrected chi connectivity index (χ4v) is 3.37. The lowest BCUT2D eigenvalue weighted by Crippen LogP contribution is -2.49. The summed E-state index contributed by atoms with van der Waals surface area (Å²) in [5.41, 5.74) is 7.95. The molecule has 1 amide bonds. The highest BCUT2D eigenvalue weighted by Crippen LogP contribution is 2.13. The number of amides is 1. The lowest BCUT2D eigenvalue weighted by atomic mass is 10.0. The molecule has 26 heavy (non-hydrogen) atoms. The Balaban J connectivity index is 1.44. The summed E-state index contributed by atoms with van der Waals surface area (Å²) in [6.45, 7) is 4.08. The summed E-state index contributed by atoms with van der Waals surface area (Å²) in [4.78, 5) is 16.7. The molecule has 1 aliphatic rings. The lowest BCUT2D eigenvalue weighted by Gasteiger charge is -2.35. The lowest BCUT2D eigenvalue weighted by molar-refractivity contribution is -0.133. The van der Waals surface area contributed by atoms with Gasteiger partial charge in [0.05, 0.1) is 0 Å². The van der Waals surface area contributed by atoms with Gasteiger partial charge in [-0.2, -0.15) is 0 Å². The molecular formula is C21H26FN3O. The van der Waals surface area contributed by atoms with Gasteiger partial charge >= 0.3 is 0 Å². The molecule has 0 aliphatic carbocycles. The van der Waals surface area contributed by atoms with Crippen molar-refractivity contribution in [2.75, 3.05) is 26.2 Å². The van der Waals surface area contributed by atoms with Crippen LogP contribution in [-0.4, -0.2) is 47.9 Å². The monoisotopic (exact) mass is 355 g/mol. The quantitative estimate of drug-likeness (QED) is 0.866. The van der Waals surface area contributed by atoms with Crippen LogP contribution in [0.1, 0.15) is 17.5 Å². The van der Waals surface area contributed by atoms with Crippen LogP contribution in [0.3, 0.4) is 0 Å². The number of halogens is 1. The van der Waals surface area contributed by atoms with Gasteiger partial charge < -0.3 is 10.6 Å². The third kappa shape index (κ3) is 5.13. The predicted octanol–water partition coefficient (Wildman–Crippen LogP) is 2.43. The van der Waals surface area contributed by atoms with Gasteiger partial charge in [-0.3, -0.25) is 9.69 Å². The summed E-state index contributed by atoms with van der Waals surface area (Å²) in [5, 5.41) is 0. The van der Waals surface area contributed by atoms with E-state index in [1.54, 1.807) is 18.2 Å². The second-order valence-corrected chi connectivity index (χ2v) is 6.90. The Hall–Kier alpha value is -2.24. The molecule has 1 unspecified atom stereocenters. The molecule has 3 rings (SSSR count). The van der Waals surface area contributed by atoms with Crippen molar-refractivity contribution in [2.24, 2.45) is 5.73 Å². The van der Waals surface area contributed by atoms with E-state index in [1.807, 2.05) is 23.1 Å². The molecule has 5 heteroatoms. The highest BCUT2D eigenvalue weighted by molar-refractivity contribution is 5.77. The summed E-state index contributed by atoms with van der Waals surface area (Å²) in [7, 11) is 0. The molecule has 2 aromatic rings. The number of nitrogens with zero attached hydrogens (tertiary/aromatic N) is 2. The molecule has 1 atom stereocenters. The van der Waals surface area contributed by atoms with Crippen molar-refractivity contribution < 1.29 is 9.18 Å². The molecule has 0 radical (unpaired) electrons. The molecule has 1 fully saturated rings. The number of rotatable bonds is 6. The van der Waals surface area contributed by atoms with Gasteiger partial charge in [0, 0.05) is 45.2 Å². The third-order valence-electron chi connectivity index (χ3n) is 4.85. The second-order valence-electron chi connectivity index (χ2n) is 6.90. The van der Waals surface area contributed by atoms with Crippen molar-refractivity contribution in [3.8, 4) is 0 Å². The van der Waals surface area contributed by atoms with Crippen LogP contribution in [0.25, 0.3) is 0 Å². The number of piperazine rings is 1. The Labute approximate surface area is 154 Å². The van der Waals surface area contributed by atoms with E-state index in [9.17, 15) is 9.18 Å². The Morgan fingerprint density at radius 1 is 1.00 bits per heavy atom. The fourth-order valence-electron chi connectivity index (χ4n) is 3.37. The highest BCUT2D eigenvalue weighted by atomic mass is 19.1. The van der Waals surface area contributed by atoms with E-state index in [1.165, 1.54) is 11.6 Å². The summed E-state index contributed by atoms with van der Waals surface area (Å²) in [5.74, 6) is -0.196. The van der Waals surface area contributed by atoms with E-state index in [-0.39, 0.29) is 24.2 Å². The molecular weight excluding hydrogens is 329 g/mol. The Bertz CT molecular complexity index is 714. The summed E-state index contributed by atoms with van der Waals surface area (Å²) in [6.07, 6.45) is 0.638. The van der Waals surface area contributed by atoms with E-state index < -0.39 is 0 Å². The van der Waals surface area contributed by atoms with Crippen molar-refractivity contribution in [3.05, 3.63) is 71.5 Å². The minimum atomic E-state index is -0.359. The van der Waals surface area contributed by atoms with Crippen LogP contribution in [0.5, 0.6) is 0 Å². The first-order valence-corrected chi connectivity index (χ1v) is 9.15. The Kier molecular flexibility index (Phi) is 6.36. The van der Waals surface area contributed by atoms with Crippen molar-refractivity contribution in [1.82, 2.24) is 9.80 Å². The van der Waals surface area contributed by atoms with Gasteiger partial charge in [0.15, 0.2) is 0 Å². The average molecular weight is 355 g/mol. The molecule has 1 saturated heterocycles. The van der Waals surface area contributed by atoms with E-state index in [0.717, 1.165) is 32.7 Å². The maximum atomic E-state index is 13.7. The van der Waals surface area contributed by atoms with Crippen molar-refractivity contribution in [1.29, 1.82) is 0 Å². The van der Waals surface area contributed by atoms with Crippen LogP contribution in [0.2, 0.25) is 0 Å². The van der Waals surface area contributed by atoms with Crippen LogP contribution in [0.15, 0.2) is 54.6 Å². The SMILES string of the molecule is NC(CC(=O)N1CCN(Cc2ccccc2)CC1)Cc1ccccc1F. The molecule has 1 heterocycles. The van der Waals surface area contributed by atoms with Gasteiger partial charge in [0.1, 0.15) is 5.82 Å². The minimum Gasteiger partial charge on any atom is -0.340 e. The highest BCUT2D eigenvalue weighted by Gasteiger charge is 2.23.